The van der Waals surface area contributed by atoms with Crippen LogP contribution in [0.2, 0.25) is 0 Å². The molecule has 2 aromatic carbocycles. The smallest absolute Gasteiger partial charge is 0.191 e. The summed E-state index contributed by atoms with van der Waals surface area (Å²) in [7, 11) is 4.05. The molecular formula is C25H38IN5. The molecule has 0 saturated carbocycles. The third-order valence-corrected chi connectivity index (χ3v) is 6.08. The molecule has 0 aliphatic carbocycles. The summed E-state index contributed by atoms with van der Waals surface area (Å²) >= 11 is 0. The van der Waals surface area contributed by atoms with Crippen LogP contribution in [-0.2, 0) is 0 Å². The lowest BCUT2D eigenvalue weighted by molar-refractivity contribution is 0.120. The van der Waals surface area contributed by atoms with Crippen molar-refractivity contribution in [2.24, 2.45) is 4.99 Å². The Morgan fingerprint density at radius 3 is 1.97 bits per heavy atom. The SMILES string of the molecule is CN=C(NCCC(c1ccccc1)c1ccccc1)NCC(C)N1CCN(C)CC1.I. The molecular weight excluding hydrogens is 497 g/mol. The fraction of sp³-hybridized carbons (Fsp3) is 0.480. The van der Waals surface area contributed by atoms with Crippen molar-refractivity contribution in [3.05, 3.63) is 71.8 Å². The summed E-state index contributed by atoms with van der Waals surface area (Å²) in [5.41, 5.74) is 2.72. The number of aliphatic imine (C=N–C) groups is 1. The van der Waals surface area contributed by atoms with E-state index in [1.54, 1.807) is 0 Å². The van der Waals surface area contributed by atoms with Crippen molar-refractivity contribution in [1.29, 1.82) is 0 Å². The highest BCUT2D eigenvalue weighted by molar-refractivity contribution is 14.0. The van der Waals surface area contributed by atoms with Gasteiger partial charge in [0.25, 0.3) is 0 Å². The fourth-order valence-corrected chi connectivity index (χ4v) is 4.09. The summed E-state index contributed by atoms with van der Waals surface area (Å²) < 4.78 is 0. The van der Waals surface area contributed by atoms with Gasteiger partial charge in [-0.1, -0.05) is 60.7 Å². The number of likely N-dealkylation sites (N-methyl/N-ethyl adjacent to an activating group) is 1. The maximum Gasteiger partial charge on any atom is 0.191 e. The maximum atomic E-state index is 4.43. The summed E-state index contributed by atoms with van der Waals surface area (Å²) in [4.78, 5) is 9.38. The number of guanidine groups is 1. The van der Waals surface area contributed by atoms with E-state index >= 15 is 0 Å². The normalized spacial score (nSPS) is 16.6. The van der Waals surface area contributed by atoms with E-state index in [-0.39, 0.29) is 24.0 Å². The first kappa shape index (κ1) is 25.6. The molecule has 3 rings (SSSR count). The van der Waals surface area contributed by atoms with E-state index in [1.807, 2.05) is 7.05 Å². The van der Waals surface area contributed by atoms with Crippen molar-refractivity contribution in [3.8, 4) is 0 Å². The van der Waals surface area contributed by atoms with Gasteiger partial charge in [0.05, 0.1) is 0 Å². The first-order chi connectivity index (χ1) is 14.7. The van der Waals surface area contributed by atoms with Gasteiger partial charge in [0.2, 0.25) is 0 Å². The summed E-state index contributed by atoms with van der Waals surface area (Å²) in [6, 6.07) is 22.1. The highest BCUT2D eigenvalue weighted by Crippen LogP contribution is 2.27. The number of halogens is 1. The topological polar surface area (TPSA) is 42.9 Å². The largest absolute Gasteiger partial charge is 0.356 e. The molecule has 1 saturated heterocycles. The average molecular weight is 536 g/mol. The van der Waals surface area contributed by atoms with Crippen LogP contribution in [0.25, 0.3) is 0 Å². The van der Waals surface area contributed by atoms with Crippen molar-refractivity contribution in [2.75, 3.05) is 53.4 Å². The standard InChI is InChI=1S/C25H37N5.HI/c1-21(30-18-16-29(3)17-19-30)20-28-25(26-2)27-15-14-24(22-10-6-4-7-11-22)23-12-8-5-9-13-23;/h4-13,21,24H,14-20H2,1-3H3,(H2,26,27,28);1H. The van der Waals surface area contributed by atoms with Crippen molar-refractivity contribution < 1.29 is 0 Å². The molecule has 1 heterocycles. The molecule has 1 fully saturated rings. The van der Waals surface area contributed by atoms with Crippen LogP contribution in [0.5, 0.6) is 0 Å². The highest BCUT2D eigenvalue weighted by Gasteiger charge is 2.19. The zero-order valence-corrected chi connectivity index (χ0v) is 21.5. The van der Waals surface area contributed by atoms with Gasteiger partial charge in [-0.25, -0.2) is 0 Å². The molecule has 0 amide bonds. The third-order valence-electron chi connectivity index (χ3n) is 6.08. The molecule has 1 aliphatic heterocycles. The van der Waals surface area contributed by atoms with E-state index < -0.39 is 0 Å². The van der Waals surface area contributed by atoms with Crippen LogP contribution in [0, 0.1) is 0 Å². The number of benzene rings is 2. The molecule has 0 bridgehead atoms. The van der Waals surface area contributed by atoms with Gasteiger partial charge >= 0.3 is 0 Å². The number of piperazine rings is 1. The Balaban J connectivity index is 0.00000341. The Bertz CT molecular complexity index is 720. The van der Waals surface area contributed by atoms with Gasteiger partial charge in [0.15, 0.2) is 5.96 Å². The van der Waals surface area contributed by atoms with Crippen LogP contribution < -0.4 is 10.6 Å². The average Bonchev–Trinajstić information content (AvgIpc) is 2.80. The molecule has 2 aromatic rings. The lowest BCUT2D eigenvalue weighted by atomic mass is 9.88. The predicted octanol–water partition coefficient (Wildman–Crippen LogP) is 3.63. The molecule has 5 nitrogen and oxygen atoms in total. The van der Waals surface area contributed by atoms with Gasteiger partial charge in [0.1, 0.15) is 0 Å². The maximum absolute atomic E-state index is 4.43. The van der Waals surface area contributed by atoms with Crippen molar-refractivity contribution in [3.63, 3.8) is 0 Å². The van der Waals surface area contributed by atoms with Crippen LogP contribution in [-0.4, -0.2) is 75.2 Å². The van der Waals surface area contributed by atoms with Crippen LogP contribution >= 0.6 is 24.0 Å². The third kappa shape index (κ3) is 8.09. The molecule has 31 heavy (non-hydrogen) atoms. The first-order valence-electron chi connectivity index (χ1n) is 11.1. The van der Waals surface area contributed by atoms with Crippen molar-refractivity contribution in [2.45, 2.75) is 25.3 Å². The van der Waals surface area contributed by atoms with Crippen molar-refractivity contribution in [1.82, 2.24) is 20.4 Å². The van der Waals surface area contributed by atoms with E-state index in [0.29, 0.717) is 12.0 Å². The van der Waals surface area contributed by atoms with Gasteiger partial charge in [-0.3, -0.25) is 9.89 Å². The minimum Gasteiger partial charge on any atom is -0.356 e. The second-order valence-electron chi connectivity index (χ2n) is 8.23. The van der Waals surface area contributed by atoms with E-state index in [2.05, 4.69) is 100 Å². The van der Waals surface area contributed by atoms with Gasteiger partial charge in [0, 0.05) is 58.3 Å². The summed E-state index contributed by atoms with van der Waals surface area (Å²) in [5, 5.41) is 7.03. The number of hydrogen-bond donors (Lipinski definition) is 2. The summed E-state index contributed by atoms with van der Waals surface area (Å²) in [5.74, 6) is 1.26. The lowest BCUT2D eigenvalue weighted by Crippen LogP contribution is -2.52. The van der Waals surface area contributed by atoms with Gasteiger partial charge in [-0.2, -0.15) is 0 Å². The highest BCUT2D eigenvalue weighted by atomic mass is 127. The van der Waals surface area contributed by atoms with Crippen LogP contribution in [0.4, 0.5) is 0 Å². The lowest BCUT2D eigenvalue weighted by Gasteiger charge is -2.36. The zero-order chi connectivity index (χ0) is 21.2. The molecule has 1 unspecified atom stereocenters. The van der Waals surface area contributed by atoms with E-state index in [1.165, 1.54) is 11.1 Å². The van der Waals surface area contributed by atoms with E-state index in [0.717, 1.165) is 51.6 Å². The van der Waals surface area contributed by atoms with Crippen molar-refractivity contribution >= 4 is 29.9 Å². The molecule has 1 aliphatic rings. The number of nitrogens with one attached hydrogen (secondary N) is 2. The molecule has 2 N–H and O–H groups in total. The molecule has 0 radical (unpaired) electrons. The Kier molecular flexibility index (Phi) is 11.3. The van der Waals surface area contributed by atoms with Crippen LogP contribution in [0.15, 0.2) is 65.7 Å². The second-order valence-corrected chi connectivity index (χ2v) is 8.23. The summed E-state index contributed by atoms with van der Waals surface area (Å²) in [6.07, 6.45) is 1.02. The monoisotopic (exact) mass is 535 g/mol. The molecule has 170 valence electrons. The fourth-order valence-electron chi connectivity index (χ4n) is 4.09. The predicted molar refractivity (Wildman–Crippen MR) is 143 cm³/mol. The molecule has 0 spiro atoms. The zero-order valence-electron chi connectivity index (χ0n) is 19.1. The Morgan fingerprint density at radius 1 is 0.903 bits per heavy atom. The van der Waals surface area contributed by atoms with Crippen LogP contribution in [0.3, 0.4) is 0 Å². The second kappa shape index (κ2) is 13.7. The first-order valence-corrected chi connectivity index (χ1v) is 11.1. The van der Waals surface area contributed by atoms with Gasteiger partial charge < -0.3 is 15.5 Å². The van der Waals surface area contributed by atoms with E-state index in [4.69, 9.17) is 0 Å². The minimum atomic E-state index is 0. The quantitative estimate of drug-likeness (QED) is 0.308. The number of hydrogen-bond acceptors (Lipinski definition) is 3. The molecule has 6 heteroatoms. The summed E-state index contributed by atoms with van der Waals surface area (Å²) in [6.45, 7) is 8.66. The Labute approximate surface area is 205 Å². The number of nitrogens with zero attached hydrogens (tertiary/aromatic N) is 3. The van der Waals surface area contributed by atoms with Crippen LogP contribution in [0.1, 0.15) is 30.4 Å². The van der Waals surface area contributed by atoms with Gasteiger partial charge in [-0.05, 0) is 31.5 Å². The molecule has 0 aromatic heterocycles. The Hall–Kier alpha value is -1.64. The van der Waals surface area contributed by atoms with E-state index in [9.17, 15) is 0 Å². The minimum absolute atomic E-state index is 0. The van der Waals surface area contributed by atoms with Gasteiger partial charge in [-0.15, -0.1) is 24.0 Å². The molecule has 1 atom stereocenters. The number of rotatable bonds is 8. The Morgan fingerprint density at radius 2 is 1.45 bits per heavy atom.